The molecule has 3 heterocycles. The fraction of sp³-hybridized carbons (Fsp3) is 0.650. The van der Waals surface area contributed by atoms with Gasteiger partial charge in [0.1, 0.15) is 15.7 Å². The minimum atomic E-state index is 0.253. The van der Waals surface area contributed by atoms with Crippen molar-refractivity contribution in [3.8, 4) is 0 Å². The fourth-order valence-corrected chi connectivity index (χ4v) is 6.29. The van der Waals surface area contributed by atoms with Crippen LogP contribution in [0.5, 0.6) is 0 Å². The zero-order valence-electron chi connectivity index (χ0n) is 15.9. The first kappa shape index (κ1) is 18.2. The van der Waals surface area contributed by atoms with Crippen LogP contribution in [0.15, 0.2) is 5.03 Å². The van der Waals surface area contributed by atoms with Crippen LogP contribution in [0.2, 0.25) is 0 Å². The largest absolute Gasteiger partial charge is 0.342 e. The normalized spacial score (nSPS) is 20.2. The van der Waals surface area contributed by atoms with Crippen molar-refractivity contribution in [3.63, 3.8) is 0 Å². The lowest BCUT2D eigenvalue weighted by atomic mass is 9.89. The number of nitrogens with zero attached hydrogens (tertiary/aromatic N) is 3. The van der Waals surface area contributed by atoms with Gasteiger partial charge in [-0.2, -0.15) is 0 Å². The van der Waals surface area contributed by atoms with Crippen molar-refractivity contribution in [2.45, 2.75) is 63.8 Å². The van der Waals surface area contributed by atoms with Gasteiger partial charge < -0.3 is 4.90 Å². The third-order valence-electron chi connectivity index (χ3n) is 5.45. The quantitative estimate of drug-likeness (QED) is 0.564. The highest BCUT2D eigenvalue weighted by atomic mass is 32.2. The molecule has 0 spiro atoms. The number of aryl methyl sites for hydroxylation is 1. The Morgan fingerprint density at radius 2 is 2.08 bits per heavy atom. The molecule has 1 amide bonds. The Bertz CT molecular complexity index is 824. The van der Waals surface area contributed by atoms with Gasteiger partial charge in [0.2, 0.25) is 5.91 Å². The molecule has 0 N–H and O–H groups in total. The van der Waals surface area contributed by atoms with Gasteiger partial charge in [0.25, 0.3) is 0 Å². The van der Waals surface area contributed by atoms with Crippen molar-refractivity contribution < 1.29 is 4.79 Å². The third kappa shape index (κ3) is 3.50. The van der Waals surface area contributed by atoms with Crippen LogP contribution in [0, 0.1) is 5.92 Å². The van der Waals surface area contributed by atoms with Crippen LogP contribution in [0.3, 0.4) is 0 Å². The summed E-state index contributed by atoms with van der Waals surface area (Å²) in [6.07, 6.45) is 5.80. The number of fused-ring (bicyclic) bond motifs is 3. The van der Waals surface area contributed by atoms with E-state index in [1.807, 2.05) is 16.2 Å². The average Bonchev–Trinajstić information content (AvgIpc) is 3.26. The molecule has 2 aliphatic rings. The SMILES string of the molecule is CC(C)c1nc(SCC(=O)N2CCCC2)c2c3c(sc2n1)C[C@@H](C)CC3. The first-order chi connectivity index (χ1) is 12.5. The van der Waals surface area contributed by atoms with E-state index in [9.17, 15) is 4.79 Å². The van der Waals surface area contributed by atoms with Crippen molar-refractivity contribution in [3.05, 3.63) is 16.3 Å². The van der Waals surface area contributed by atoms with Gasteiger partial charge in [-0.1, -0.05) is 32.5 Å². The van der Waals surface area contributed by atoms with Crippen LogP contribution in [0.25, 0.3) is 10.2 Å². The van der Waals surface area contributed by atoms with Crippen LogP contribution in [0.4, 0.5) is 0 Å². The molecule has 0 bridgehead atoms. The second-order valence-corrected chi connectivity index (χ2v) is 10.00. The highest BCUT2D eigenvalue weighted by Crippen LogP contribution is 2.41. The van der Waals surface area contributed by atoms with Crippen molar-refractivity contribution in [1.29, 1.82) is 0 Å². The minimum absolute atomic E-state index is 0.253. The summed E-state index contributed by atoms with van der Waals surface area (Å²) in [6.45, 7) is 8.45. The summed E-state index contributed by atoms with van der Waals surface area (Å²) in [5, 5.41) is 2.26. The predicted molar refractivity (Wildman–Crippen MR) is 109 cm³/mol. The van der Waals surface area contributed by atoms with E-state index in [-0.39, 0.29) is 5.91 Å². The van der Waals surface area contributed by atoms with Gasteiger partial charge in [-0.25, -0.2) is 9.97 Å². The average molecular weight is 390 g/mol. The molecule has 4 nitrogen and oxygen atoms in total. The molecule has 4 rings (SSSR count). The van der Waals surface area contributed by atoms with Gasteiger partial charge in [0, 0.05) is 29.3 Å². The molecule has 26 heavy (non-hydrogen) atoms. The maximum Gasteiger partial charge on any atom is 0.232 e. The Balaban J connectivity index is 1.67. The zero-order chi connectivity index (χ0) is 18.3. The molecule has 2 aromatic heterocycles. The number of rotatable bonds is 4. The number of hydrogen-bond acceptors (Lipinski definition) is 5. The molecule has 2 aromatic rings. The molecule has 6 heteroatoms. The topological polar surface area (TPSA) is 46.1 Å². The first-order valence-electron chi connectivity index (χ1n) is 9.75. The summed E-state index contributed by atoms with van der Waals surface area (Å²) in [5.41, 5.74) is 1.45. The molecule has 0 saturated carbocycles. The monoisotopic (exact) mass is 389 g/mol. The highest BCUT2D eigenvalue weighted by molar-refractivity contribution is 8.00. The lowest BCUT2D eigenvalue weighted by Crippen LogP contribution is -2.29. The highest BCUT2D eigenvalue weighted by Gasteiger charge is 2.25. The summed E-state index contributed by atoms with van der Waals surface area (Å²) in [4.78, 5) is 26.9. The lowest BCUT2D eigenvalue weighted by Gasteiger charge is -2.18. The Labute approximate surface area is 163 Å². The molecule has 1 saturated heterocycles. The van der Waals surface area contributed by atoms with E-state index < -0.39 is 0 Å². The van der Waals surface area contributed by atoms with E-state index >= 15 is 0 Å². The number of thioether (sulfide) groups is 1. The number of carbonyl (C=O) groups excluding carboxylic acids is 1. The Morgan fingerprint density at radius 3 is 2.81 bits per heavy atom. The predicted octanol–water partition coefficient (Wildman–Crippen LogP) is 4.65. The maximum absolute atomic E-state index is 12.5. The van der Waals surface area contributed by atoms with E-state index in [0.29, 0.717) is 11.7 Å². The van der Waals surface area contributed by atoms with Crippen molar-refractivity contribution >= 4 is 39.2 Å². The minimum Gasteiger partial charge on any atom is -0.342 e. The van der Waals surface area contributed by atoms with Gasteiger partial charge >= 0.3 is 0 Å². The van der Waals surface area contributed by atoms with Crippen molar-refractivity contribution in [1.82, 2.24) is 14.9 Å². The molecular weight excluding hydrogens is 362 g/mol. The molecule has 1 atom stereocenters. The smallest absolute Gasteiger partial charge is 0.232 e. The molecular formula is C20H27N3OS2. The van der Waals surface area contributed by atoms with Crippen LogP contribution < -0.4 is 0 Å². The molecule has 1 fully saturated rings. The second-order valence-electron chi connectivity index (χ2n) is 7.95. The molecule has 1 aliphatic heterocycles. The summed E-state index contributed by atoms with van der Waals surface area (Å²) >= 11 is 3.47. The molecule has 1 aliphatic carbocycles. The number of carbonyl (C=O) groups is 1. The second kappa shape index (κ2) is 7.47. The fourth-order valence-electron chi connectivity index (χ4n) is 3.88. The van der Waals surface area contributed by atoms with E-state index in [4.69, 9.17) is 9.97 Å². The van der Waals surface area contributed by atoms with E-state index in [2.05, 4.69) is 20.8 Å². The molecule has 140 valence electrons. The van der Waals surface area contributed by atoms with E-state index in [1.165, 1.54) is 22.2 Å². The van der Waals surface area contributed by atoms with Gasteiger partial charge in [-0.15, -0.1) is 11.3 Å². The Kier molecular flexibility index (Phi) is 5.24. The summed E-state index contributed by atoms with van der Waals surface area (Å²) < 4.78 is 0. The first-order valence-corrected chi connectivity index (χ1v) is 11.6. The number of aromatic nitrogens is 2. The van der Waals surface area contributed by atoms with Gasteiger partial charge in [0.05, 0.1) is 5.75 Å². The maximum atomic E-state index is 12.5. The van der Waals surface area contributed by atoms with Crippen molar-refractivity contribution in [2.24, 2.45) is 5.92 Å². The summed E-state index contributed by atoms with van der Waals surface area (Å²) in [7, 11) is 0. The van der Waals surface area contributed by atoms with Gasteiger partial charge in [0.15, 0.2) is 0 Å². The number of likely N-dealkylation sites (tertiary alicyclic amines) is 1. The van der Waals surface area contributed by atoms with Gasteiger partial charge in [-0.3, -0.25) is 4.79 Å². The molecule has 0 aromatic carbocycles. The van der Waals surface area contributed by atoms with Gasteiger partial charge in [-0.05, 0) is 43.6 Å². The summed E-state index contributed by atoms with van der Waals surface area (Å²) in [5.74, 6) is 2.69. The van der Waals surface area contributed by atoms with Crippen LogP contribution in [-0.4, -0.2) is 39.6 Å². The Hall–Kier alpha value is -1.14. The van der Waals surface area contributed by atoms with Crippen LogP contribution >= 0.6 is 23.1 Å². The number of amides is 1. The summed E-state index contributed by atoms with van der Waals surface area (Å²) in [6, 6.07) is 0. The van der Waals surface area contributed by atoms with Crippen molar-refractivity contribution in [2.75, 3.05) is 18.8 Å². The van der Waals surface area contributed by atoms with E-state index in [0.717, 1.165) is 60.4 Å². The standard InChI is InChI=1S/C20H27N3OS2/c1-12(2)18-21-19(25-11-16(24)23-8-4-5-9-23)17-14-7-6-13(3)10-15(14)26-20(17)22-18/h12-13H,4-11H2,1-3H3/t13-/m0/s1. The van der Waals surface area contributed by atoms with E-state index in [1.54, 1.807) is 11.8 Å². The number of hydrogen-bond donors (Lipinski definition) is 0. The molecule has 0 unspecified atom stereocenters. The Morgan fingerprint density at radius 1 is 1.31 bits per heavy atom. The lowest BCUT2D eigenvalue weighted by molar-refractivity contribution is -0.127. The third-order valence-corrected chi connectivity index (χ3v) is 7.56. The van der Waals surface area contributed by atoms with Crippen LogP contribution in [-0.2, 0) is 17.6 Å². The zero-order valence-corrected chi connectivity index (χ0v) is 17.5. The number of thiophene rings is 1. The molecule has 0 radical (unpaired) electrons. The van der Waals surface area contributed by atoms with Crippen LogP contribution in [0.1, 0.15) is 62.2 Å².